The molecule has 9 heteroatoms. The number of thiophene rings is 1. The predicted molar refractivity (Wildman–Crippen MR) is 104 cm³/mol. The number of carbonyl (C=O) groups excluding carboxylic acids is 1. The van der Waals surface area contributed by atoms with Crippen LogP contribution >= 0.6 is 11.3 Å². The maximum absolute atomic E-state index is 12.5. The summed E-state index contributed by atoms with van der Waals surface area (Å²) in [6.07, 6.45) is -0.626. The van der Waals surface area contributed by atoms with Crippen LogP contribution in [-0.4, -0.2) is 66.0 Å². The minimum Gasteiger partial charge on any atom is -0.465 e. The fraction of sp³-hybridized carbons (Fsp3) is 0.611. The van der Waals surface area contributed by atoms with Gasteiger partial charge in [-0.15, -0.1) is 11.3 Å². The Kier molecular flexibility index (Phi) is 7.49. The van der Waals surface area contributed by atoms with Gasteiger partial charge < -0.3 is 19.6 Å². The van der Waals surface area contributed by atoms with E-state index in [-0.39, 0.29) is 12.2 Å². The Morgan fingerprint density at radius 2 is 2.04 bits per heavy atom. The highest BCUT2D eigenvalue weighted by molar-refractivity contribution is 7.20. The molecule has 1 unspecified atom stereocenters. The fourth-order valence-electron chi connectivity index (χ4n) is 3.03. The van der Waals surface area contributed by atoms with Crippen molar-refractivity contribution in [3.05, 3.63) is 26.6 Å². The van der Waals surface area contributed by atoms with Gasteiger partial charge in [-0.2, -0.15) is 0 Å². The zero-order valence-electron chi connectivity index (χ0n) is 16.4. The van der Waals surface area contributed by atoms with Gasteiger partial charge in [0.25, 0.3) is 5.56 Å². The van der Waals surface area contributed by atoms with Crippen molar-refractivity contribution in [1.29, 1.82) is 0 Å². The van der Waals surface area contributed by atoms with Crippen molar-refractivity contribution < 1.29 is 19.4 Å². The molecule has 0 saturated heterocycles. The van der Waals surface area contributed by atoms with Crippen LogP contribution in [0.3, 0.4) is 0 Å². The monoisotopic (exact) mass is 397 g/mol. The smallest absolute Gasteiger partial charge is 0.348 e. The first-order chi connectivity index (χ1) is 12.8. The van der Waals surface area contributed by atoms with Crippen molar-refractivity contribution >= 4 is 27.5 Å². The molecule has 1 atom stereocenters. The van der Waals surface area contributed by atoms with Crippen LogP contribution in [0.15, 0.2) is 4.79 Å². The number of ether oxygens (including phenoxy) is 2. The lowest BCUT2D eigenvalue weighted by Crippen LogP contribution is -2.37. The van der Waals surface area contributed by atoms with Crippen LogP contribution in [0.4, 0.5) is 0 Å². The van der Waals surface area contributed by atoms with E-state index in [1.165, 1.54) is 7.11 Å². The van der Waals surface area contributed by atoms with Crippen LogP contribution in [0.2, 0.25) is 0 Å². The zero-order chi connectivity index (χ0) is 20.1. The summed E-state index contributed by atoms with van der Waals surface area (Å²) < 4.78 is 9.77. The highest BCUT2D eigenvalue weighted by Gasteiger charge is 2.21. The Morgan fingerprint density at radius 3 is 2.63 bits per heavy atom. The van der Waals surface area contributed by atoms with E-state index in [0.29, 0.717) is 45.5 Å². The average Bonchev–Trinajstić information content (AvgIpc) is 2.90. The highest BCUT2D eigenvalue weighted by Crippen LogP contribution is 2.27. The zero-order valence-corrected chi connectivity index (χ0v) is 17.2. The Labute approximate surface area is 162 Å². The van der Waals surface area contributed by atoms with Gasteiger partial charge in [0.1, 0.15) is 15.5 Å². The molecule has 0 saturated carbocycles. The number of aryl methyl sites for hydroxylation is 1. The van der Waals surface area contributed by atoms with Crippen LogP contribution < -0.4 is 5.56 Å². The molecule has 27 heavy (non-hydrogen) atoms. The van der Waals surface area contributed by atoms with E-state index in [1.54, 1.807) is 14.0 Å². The van der Waals surface area contributed by atoms with E-state index in [9.17, 15) is 14.7 Å². The van der Waals surface area contributed by atoms with Gasteiger partial charge in [0.05, 0.1) is 31.8 Å². The molecule has 0 radical (unpaired) electrons. The lowest BCUT2D eigenvalue weighted by atomic mass is 10.2. The summed E-state index contributed by atoms with van der Waals surface area (Å²) in [7, 11) is 2.85. The molecule has 0 aliphatic carbocycles. The minimum absolute atomic E-state index is 0.240. The van der Waals surface area contributed by atoms with Gasteiger partial charge in [-0.05, 0) is 18.4 Å². The first kappa shape index (κ1) is 21.5. The number of rotatable bonds is 9. The molecule has 2 N–H and O–H groups in total. The largest absolute Gasteiger partial charge is 0.465 e. The number of methoxy groups -OCH3 is 2. The molecule has 0 spiro atoms. The van der Waals surface area contributed by atoms with E-state index in [1.807, 2.05) is 4.90 Å². The third kappa shape index (κ3) is 5.35. The summed E-state index contributed by atoms with van der Waals surface area (Å²) in [6, 6.07) is 0. The van der Waals surface area contributed by atoms with Crippen molar-refractivity contribution in [2.75, 3.05) is 33.9 Å². The first-order valence-electron chi connectivity index (χ1n) is 8.76. The summed E-state index contributed by atoms with van der Waals surface area (Å²) in [4.78, 5) is 34.7. The van der Waals surface area contributed by atoms with Crippen molar-refractivity contribution in [2.45, 2.75) is 33.4 Å². The van der Waals surface area contributed by atoms with Gasteiger partial charge in [-0.3, -0.25) is 9.69 Å². The Morgan fingerprint density at radius 1 is 1.33 bits per heavy atom. The number of aromatic nitrogens is 2. The SMILES string of the molecule is COCC(O)CN(Cc1nc2sc(C(=O)OC)c(C)c2c(=O)[nH]1)CC(C)C. The Balaban J connectivity index is 2.33. The minimum atomic E-state index is -0.626. The second-order valence-electron chi connectivity index (χ2n) is 6.94. The van der Waals surface area contributed by atoms with E-state index in [0.717, 1.165) is 17.9 Å². The molecule has 150 valence electrons. The number of fused-ring (bicyclic) bond motifs is 1. The quantitative estimate of drug-likeness (QED) is 0.619. The first-order valence-corrected chi connectivity index (χ1v) is 9.58. The van der Waals surface area contributed by atoms with Crippen LogP contribution in [0, 0.1) is 12.8 Å². The van der Waals surface area contributed by atoms with Gasteiger partial charge in [0, 0.05) is 20.2 Å². The number of carbonyl (C=O) groups is 1. The number of hydrogen-bond acceptors (Lipinski definition) is 8. The Bertz CT molecular complexity index is 845. The van der Waals surface area contributed by atoms with Crippen molar-refractivity contribution in [3.63, 3.8) is 0 Å². The number of aromatic amines is 1. The maximum Gasteiger partial charge on any atom is 0.348 e. The molecular formula is C18H27N3O5S. The number of H-pyrrole nitrogens is 1. The average molecular weight is 397 g/mol. The van der Waals surface area contributed by atoms with Crippen LogP contribution in [0.1, 0.15) is 34.9 Å². The molecule has 2 rings (SSSR count). The van der Waals surface area contributed by atoms with Crippen molar-refractivity contribution in [2.24, 2.45) is 5.92 Å². The molecule has 0 aromatic carbocycles. The van der Waals surface area contributed by atoms with E-state index in [4.69, 9.17) is 9.47 Å². The molecule has 0 amide bonds. The molecule has 0 aliphatic rings. The summed E-state index contributed by atoms with van der Waals surface area (Å²) in [5, 5.41) is 10.5. The second kappa shape index (κ2) is 9.41. The van der Waals surface area contributed by atoms with Crippen LogP contribution in [-0.2, 0) is 16.0 Å². The lowest BCUT2D eigenvalue weighted by molar-refractivity contribution is 0.0325. The summed E-state index contributed by atoms with van der Waals surface area (Å²) in [6.45, 7) is 7.65. The molecule has 8 nitrogen and oxygen atoms in total. The summed E-state index contributed by atoms with van der Waals surface area (Å²) in [5.74, 6) is 0.404. The predicted octanol–water partition coefficient (Wildman–Crippen LogP) is 1.54. The number of aliphatic hydroxyl groups is 1. The van der Waals surface area contributed by atoms with E-state index < -0.39 is 12.1 Å². The van der Waals surface area contributed by atoms with Crippen molar-refractivity contribution in [1.82, 2.24) is 14.9 Å². The molecule has 0 aliphatic heterocycles. The standard InChI is InChI=1S/C18H27N3O5S/c1-10(2)6-21(7-12(22)9-25-4)8-13-19-16(23)14-11(3)15(18(24)26-5)27-17(14)20-13/h10,12,22H,6-9H2,1-5H3,(H,19,20,23). The molecule has 2 aromatic rings. The molecular weight excluding hydrogens is 370 g/mol. The van der Waals surface area contributed by atoms with Crippen LogP contribution in [0.5, 0.6) is 0 Å². The summed E-state index contributed by atoms with van der Waals surface area (Å²) in [5.41, 5.74) is 0.303. The normalized spacial score (nSPS) is 12.9. The van der Waals surface area contributed by atoms with E-state index >= 15 is 0 Å². The summed E-state index contributed by atoms with van der Waals surface area (Å²) >= 11 is 1.15. The molecule has 0 fully saturated rings. The van der Waals surface area contributed by atoms with E-state index in [2.05, 4.69) is 23.8 Å². The van der Waals surface area contributed by atoms with Crippen LogP contribution in [0.25, 0.3) is 10.2 Å². The molecule has 2 aromatic heterocycles. The van der Waals surface area contributed by atoms with Gasteiger partial charge in [0.15, 0.2) is 0 Å². The van der Waals surface area contributed by atoms with Gasteiger partial charge in [-0.25, -0.2) is 9.78 Å². The second-order valence-corrected chi connectivity index (χ2v) is 7.94. The number of hydrogen-bond donors (Lipinski definition) is 2. The van der Waals surface area contributed by atoms with Gasteiger partial charge in [0.2, 0.25) is 0 Å². The number of nitrogens with one attached hydrogen (secondary N) is 1. The number of esters is 1. The lowest BCUT2D eigenvalue weighted by Gasteiger charge is -2.26. The third-order valence-corrected chi connectivity index (χ3v) is 5.21. The maximum atomic E-state index is 12.5. The fourth-order valence-corrected chi connectivity index (χ4v) is 4.14. The molecule has 2 heterocycles. The topological polar surface area (TPSA) is 105 Å². The number of aliphatic hydroxyl groups excluding tert-OH is 1. The van der Waals surface area contributed by atoms with Gasteiger partial charge >= 0.3 is 5.97 Å². The van der Waals surface area contributed by atoms with Gasteiger partial charge in [-0.1, -0.05) is 13.8 Å². The van der Waals surface area contributed by atoms with Crippen molar-refractivity contribution in [3.8, 4) is 0 Å². The third-order valence-electron chi connectivity index (χ3n) is 4.05. The number of nitrogens with zero attached hydrogens (tertiary/aromatic N) is 2. The Hall–Kier alpha value is -1.81. The molecule has 0 bridgehead atoms. The highest BCUT2D eigenvalue weighted by atomic mass is 32.1.